The Labute approximate surface area is 95.6 Å². The molecule has 0 spiro atoms. The fraction of sp³-hybridized carbons (Fsp3) is 0.417. The lowest BCUT2D eigenvalue weighted by molar-refractivity contribution is 0.107. The SMILES string of the molecule is COCCOC(=O)Nc1cc(C)ccc1C. The van der Waals surface area contributed by atoms with E-state index in [1.165, 1.54) is 0 Å². The maximum absolute atomic E-state index is 11.4. The Balaban J connectivity index is 2.52. The van der Waals surface area contributed by atoms with Gasteiger partial charge >= 0.3 is 6.09 Å². The van der Waals surface area contributed by atoms with E-state index in [4.69, 9.17) is 9.47 Å². The van der Waals surface area contributed by atoms with E-state index >= 15 is 0 Å². The van der Waals surface area contributed by atoms with Gasteiger partial charge in [0.1, 0.15) is 6.61 Å². The second-order valence-electron chi connectivity index (χ2n) is 3.57. The van der Waals surface area contributed by atoms with Gasteiger partial charge in [-0.2, -0.15) is 0 Å². The van der Waals surface area contributed by atoms with E-state index in [1.54, 1.807) is 7.11 Å². The Bertz CT molecular complexity index is 363. The van der Waals surface area contributed by atoms with Crippen molar-refractivity contribution in [2.75, 3.05) is 25.6 Å². The summed E-state index contributed by atoms with van der Waals surface area (Å²) < 4.78 is 9.69. The smallest absolute Gasteiger partial charge is 0.411 e. The van der Waals surface area contributed by atoms with E-state index in [1.807, 2.05) is 32.0 Å². The summed E-state index contributed by atoms with van der Waals surface area (Å²) >= 11 is 0. The number of anilines is 1. The molecule has 0 aliphatic heterocycles. The third kappa shape index (κ3) is 3.90. The highest BCUT2D eigenvalue weighted by molar-refractivity contribution is 5.85. The van der Waals surface area contributed by atoms with Crippen LogP contribution < -0.4 is 5.32 Å². The van der Waals surface area contributed by atoms with Gasteiger partial charge in [0, 0.05) is 12.8 Å². The van der Waals surface area contributed by atoms with Crippen molar-refractivity contribution in [1.29, 1.82) is 0 Å². The van der Waals surface area contributed by atoms with Crippen molar-refractivity contribution in [3.63, 3.8) is 0 Å². The van der Waals surface area contributed by atoms with Crippen molar-refractivity contribution in [2.45, 2.75) is 13.8 Å². The number of rotatable bonds is 4. The van der Waals surface area contributed by atoms with E-state index in [9.17, 15) is 4.79 Å². The van der Waals surface area contributed by atoms with Crippen molar-refractivity contribution in [3.8, 4) is 0 Å². The van der Waals surface area contributed by atoms with Gasteiger partial charge in [0.15, 0.2) is 0 Å². The molecule has 0 bridgehead atoms. The van der Waals surface area contributed by atoms with Gasteiger partial charge in [0.25, 0.3) is 0 Å². The molecule has 0 saturated carbocycles. The Morgan fingerprint density at radius 2 is 2.06 bits per heavy atom. The molecule has 0 radical (unpaired) electrons. The number of hydrogen-bond donors (Lipinski definition) is 1. The van der Waals surface area contributed by atoms with Crippen LogP contribution in [0.2, 0.25) is 0 Å². The van der Waals surface area contributed by atoms with Crippen LogP contribution in [0.25, 0.3) is 0 Å². The second kappa shape index (κ2) is 6.12. The van der Waals surface area contributed by atoms with Crippen LogP contribution in [-0.4, -0.2) is 26.4 Å². The zero-order valence-corrected chi connectivity index (χ0v) is 9.87. The van der Waals surface area contributed by atoms with E-state index in [-0.39, 0.29) is 6.61 Å². The first-order chi connectivity index (χ1) is 7.63. The topological polar surface area (TPSA) is 47.6 Å². The van der Waals surface area contributed by atoms with Crippen molar-refractivity contribution in [1.82, 2.24) is 0 Å². The highest BCUT2D eigenvalue weighted by atomic mass is 16.6. The van der Waals surface area contributed by atoms with E-state index in [2.05, 4.69) is 5.32 Å². The monoisotopic (exact) mass is 223 g/mol. The fourth-order valence-electron chi connectivity index (χ4n) is 1.23. The molecule has 1 rings (SSSR count). The summed E-state index contributed by atoms with van der Waals surface area (Å²) in [6.07, 6.45) is -0.453. The number of amides is 1. The van der Waals surface area contributed by atoms with Gasteiger partial charge in [-0.15, -0.1) is 0 Å². The summed E-state index contributed by atoms with van der Waals surface area (Å²) in [5.74, 6) is 0. The molecule has 0 heterocycles. The molecular weight excluding hydrogens is 206 g/mol. The molecule has 16 heavy (non-hydrogen) atoms. The molecule has 1 amide bonds. The fourth-order valence-corrected chi connectivity index (χ4v) is 1.23. The zero-order valence-electron chi connectivity index (χ0n) is 9.87. The molecule has 0 aliphatic rings. The standard InChI is InChI=1S/C12H17NO3/c1-9-4-5-10(2)11(8-9)13-12(14)16-7-6-15-3/h4-5,8H,6-7H2,1-3H3,(H,13,14). The van der Waals surface area contributed by atoms with Gasteiger partial charge in [-0.3, -0.25) is 5.32 Å². The van der Waals surface area contributed by atoms with Gasteiger partial charge in [-0.25, -0.2) is 4.79 Å². The number of aryl methyl sites for hydroxylation is 2. The first-order valence-corrected chi connectivity index (χ1v) is 5.13. The van der Waals surface area contributed by atoms with Gasteiger partial charge in [-0.1, -0.05) is 12.1 Å². The van der Waals surface area contributed by atoms with Crippen LogP contribution in [0.5, 0.6) is 0 Å². The zero-order chi connectivity index (χ0) is 12.0. The molecule has 4 heteroatoms. The van der Waals surface area contributed by atoms with Crippen LogP contribution >= 0.6 is 0 Å². The lowest BCUT2D eigenvalue weighted by atomic mass is 10.1. The van der Waals surface area contributed by atoms with E-state index in [0.29, 0.717) is 6.61 Å². The first kappa shape index (κ1) is 12.5. The Kier molecular flexibility index (Phi) is 4.79. The number of benzene rings is 1. The van der Waals surface area contributed by atoms with E-state index < -0.39 is 6.09 Å². The molecule has 0 aliphatic carbocycles. The Morgan fingerprint density at radius 1 is 1.31 bits per heavy atom. The number of methoxy groups -OCH3 is 1. The predicted octanol–water partition coefficient (Wildman–Crippen LogP) is 2.50. The minimum atomic E-state index is -0.453. The second-order valence-corrected chi connectivity index (χ2v) is 3.57. The molecule has 4 nitrogen and oxygen atoms in total. The lowest BCUT2D eigenvalue weighted by Crippen LogP contribution is -2.17. The van der Waals surface area contributed by atoms with Crippen LogP contribution in [0.4, 0.5) is 10.5 Å². The van der Waals surface area contributed by atoms with Gasteiger partial charge < -0.3 is 9.47 Å². The minimum absolute atomic E-state index is 0.257. The largest absolute Gasteiger partial charge is 0.447 e. The van der Waals surface area contributed by atoms with Crippen LogP contribution in [-0.2, 0) is 9.47 Å². The minimum Gasteiger partial charge on any atom is -0.447 e. The first-order valence-electron chi connectivity index (χ1n) is 5.13. The van der Waals surface area contributed by atoms with Crippen molar-refractivity contribution in [2.24, 2.45) is 0 Å². The average molecular weight is 223 g/mol. The number of nitrogens with one attached hydrogen (secondary N) is 1. The highest BCUT2D eigenvalue weighted by Crippen LogP contribution is 2.16. The quantitative estimate of drug-likeness (QED) is 0.798. The molecule has 1 aromatic carbocycles. The summed E-state index contributed by atoms with van der Waals surface area (Å²) in [7, 11) is 1.56. The van der Waals surface area contributed by atoms with Crippen LogP contribution in [0.15, 0.2) is 18.2 Å². The molecular formula is C12H17NO3. The van der Waals surface area contributed by atoms with E-state index in [0.717, 1.165) is 16.8 Å². The lowest BCUT2D eigenvalue weighted by Gasteiger charge is -2.09. The third-order valence-electron chi connectivity index (χ3n) is 2.15. The van der Waals surface area contributed by atoms with Crippen LogP contribution in [0.1, 0.15) is 11.1 Å². The normalized spacial score (nSPS) is 9.94. The van der Waals surface area contributed by atoms with Crippen LogP contribution in [0.3, 0.4) is 0 Å². The van der Waals surface area contributed by atoms with Crippen molar-refractivity contribution < 1.29 is 14.3 Å². The van der Waals surface area contributed by atoms with Gasteiger partial charge in [-0.05, 0) is 31.0 Å². The van der Waals surface area contributed by atoms with Crippen molar-refractivity contribution >= 4 is 11.8 Å². The number of hydrogen-bond acceptors (Lipinski definition) is 3. The molecule has 1 N–H and O–H groups in total. The number of carbonyl (C=O) groups excluding carboxylic acids is 1. The predicted molar refractivity (Wildman–Crippen MR) is 62.8 cm³/mol. The molecule has 0 fully saturated rings. The average Bonchev–Trinajstić information content (AvgIpc) is 2.24. The molecule has 0 atom stereocenters. The molecule has 1 aromatic rings. The molecule has 88 valence electrons. The maximum Gasteiger partial charge on any atom is 0.411 e. The van der Waals surface area contributed by atoms with Gasteiger partial charge in [0.05, 0.1) is 6.61 Å². The summed E-state index contributed by atoms with van der Waals surface area (Å²) in [5, 5.41) is 2.69. The number of ether oxygens (including phenoxy) is 2. The Morgan fingerprint density at radius 3 is 2.75 bits per heavy atom. The highest BCUT2D eigenvalue weighted by Gasteiger charge is 2.05. The third-order valence-corrected chi connectivity index (χ3v) is 2.15. The molecule has 0 aromatic heterocycles. The van der Waals surface area contributed by atoms with Crippen LogP contribution in [0, 0.1) is 13.8 Å². The summed E-state index contributed by atoms with van der Waals surface area (Å²) in [4.78, 5) is 11.4. The van der Waals surface area contributed by atoms with Gasteiger partial charge in [0.2, 0.25) is 0 Å². The molecule has 0 unspecified atom stereocenters. The summed E-state index contributed by atoms with van der Waals surface area (Å²) in [6, 6.07) is 5.86. The number of carbonyl (C=O) groups is 1. The summed E-state index contributed by atoms with van der Waals surface area (Å²) in [6.45, 7) is 4.57. The van der Waals surface area contributed by atoms with Crippen molar-refractivity contribution in [3.05, 3.63) is 29.3 Å². The maximum atomic E-state index is 11.4. The summed E-state index contributed by atoms with van der Waals surface area (Å²) in [5.41, 5.74) is 2.88. The molecule has 0 saturated heterocycles. The Hall–Kier alpha value is -1.55.